The van der Waals surface area contributed by atoms with Gasteiger partial charge in [0.15, 0.2) is 4.21 Å². The van der Waals surface area contributed by atoms with Gasteiger partial charge in [0.1, 0.15) is 0 Å². The number of thiazole rings is 1. The van der Waals surface area contributed by atoms with Gasteiger partial charge in [-0.05, 0) is 48.4 Å². The molecule has 10 heteroatoms. The van der Waals surface area contributed by atoms with E-state index >= 15 is 0 Å². The predicted octanol–water partition coefficient (Wildman–Crippen LogP) is 4.63. The number of carbonyl (C=O) groups is 1. The van der Waals surface area contributed by atoms with Crippen LogP contribution < -0.4 is 4.72 Å². The molecule has 0 radical (unpaired) electrons. The van der Waals surface area contributed by atoms with Crippen molar-refractivity contribution >= 4 is 44.3 Å². The number of anilines is 1. The number of carbonyl (C=O) groups excluding carboxylic acids is 1. The van der Waals surface area contributed by atoms with Gasteiger partial charge in [0.25, 0.3) is 15.9 Å². The summed E-state index contributed by atoms with van der Waals surface area (Å²) >= 11 is 2.67. The van der Waals surface area contributed by atoms with Crippen LogP contribution in [0.4, 0.5) is 5.69 Å². The van der Waals surface area contributed by atoms with E-state index in [4.69, 9.17) is 0 Å². The summed E-state index contributed by atoms with van der Waals surface area (Å²) in [6.07, 6.45) is 3.20. The van der Waals surface area contributed by atoms with Gasteiger partial charge in [-0.2, -0.15) is 0 Å². The number of hydrogen-bond acceptors (Lipinski definition) is 7. The third-order valence-corrected chi connectivity index (χ3v) is 9.34. The minimum Gasteiger partial charge on any atom is -0.337 e. The molecule has 1 aliphatic rings. The second kappa shape index (κ2) is 7.80. The zero-order chi connectivity index (χ0) is 22.5. The number of pyridine rings is 1. The third-order valence-electron chi connectivity index (χ3n) is 5.20. The topological polar surface area (TPSA) is 92.3 Å². The average Bonchev–Trinajstić information content (AvgIpc) is 3.48. The summed E-state index contributed by atoms with van der Waals surface area (Å²) in [5.41, 5.74) is 6.03. The van der Waals surface area contributed by atoms with E-state index in [0.717, 1.165) is 43.3 Å². The van der Waals surface area contributed by atoms with Gasteiger partial charge in [0, 0.05) is 40.7 Å². The normalized spacial score (nSPS) is 13.4. The van der Waals surface area contributed by atoms with Gasteiger partial charge >= 0.3 is 0 Å². The number of hydrogen-bond donors (Lipinski definition) is 1. The molecule has 32 heavy (non-hydrogen) atoms. The highest BCUT2D eigenvalue weighted by atomic mass is 32.2. The number of aromatic nitrogens is 2. The fourth-order valence-electron chi connectivity index (χ4n) is 3.65. The summed E-state index contributed by atoms with van der Waals surface area (Å²) in [5, 5.41) is 0. The Morgan fingerprint density at radius 2 is 1.84 bits per heavy atom. The maximum absolute atomic E-state index is 12.7. The minimum absolute atomic E-state index is 0.0530. The summed E-state index contributed by atoms with van der Waals surface area (Å²) in [6, 6.07) is 11.7. The van der Waals surface area contributed by atoms with Crippen molar-refractivity contribution in [2.75, 3.05) is 11.8 Å². The van der Waals surface area contributed by atoms with Crippen molar-refractivity contribution in [2.24, 2.45) is 0 Å². The molecular formula is C22H18N4O3S3. The first-order chi connectivity index (χ1) is 15.3. The summed E-state index contributed by atoms with van der Waals surface area (Å²) in [6.45, 7) is 2.28. The number of nitrogens with zero attached hydrogens (tertiary/aromatic N) is 3. The van der Waals surface area contributed by atoms with Gasteiger partial charge in [-0.15, -0.1) is 22.7 Å². The van der Waals surface area contributed by atoms with E-state index in [2.05, 4.69) is 20.8 Å². The lowest BCUT2D eigenvalue weighted by Crippen LogP contribution is -2.17. The average molecular weight is 483 g/mol. The van der Waals surface area contributed by atoms with Gasteiger partial charge in [0.2, 0.25) is 0 Å². The molecule has 0 aliphatic carbocycles. The predicted molar refractivity (Wildman–Crippen MR) is 126 cm³/mol. The van der Waals surface area contributed by atoms with Gasteiger partial charge in [0.05, 0.1) is 23.1 Å². The molecule has 162 valence electrons. The highest BCUT2D eigenvalue weighted by Crippen LogP contribution is 2.37. The molecule has 4 heterocycles. The second-order valence-electron chi connectivity index (χ2n) is 7.49. The van der Waals surface area contributed by atoms with Crippen molar-refractivity contribution in [2.45, 2.75) is 17.7 Å². The molecule has 0 spiro atoms. The molecule has 5 rings (SSSR count). The van der Waals surface area contributed by atoms with Gasteiger partial charge < -0.3 is 4.90 Å². The molecular weight excluding hydrogens is 464 g/mol. The molecule has 0 saturated heterocycles. The summed E-state index contributed by atoms with van der Waals surface area (Å²) in [4.78, 5) is 24.1. The van der Waals surface area contributed by atoms with E-state index < -0.39 is 10.0 Å². The van der Waals surface area contributed by atoms with E-state index in [1.807, 2.05) is 24.3 Å². The number of benzene rings is 1. The van der Waals surface area contributed by atoms with Crippen LogP contribution in [0.3, 0.4) is 0 Å². The number of thiophene rings is 1. The fraction of sp³-hybridized carbons (Fsp3) is 0.136. The van der Waals surface area contributed by atoms with E-state index in [-0.39, 0.29) is 10.1 Å². The third kappa shape index (κ3) is 3.70. The lowest BCUT2D eigenvalue weighted by molar-refractivity contribution is 0.0816. The van der Waals surface area contributed by atoms with Crippen LogP contribution in [0.1, 0.15) is 21.6 Å². The summed E-state index contributed by atoms with van der Waals surface area (Å²) in [5.74, 6) is 0.0530. The maximum Gasteiger partial charge on any atom is 0.273 e. The van der Waals surface area contributed by atoms with Crippen LogP contribution in [0.15, 0.2) is 58.5 Å². The van der Waals surface area contributed by atoms with Crippen molar-refractivity contribution in [1.82, 2.24) is 14.9 Å². The fourth-order valence-corrected chi connectivity index (χ4v) is 6.88. The molecule has 1 aromatic carbocycles. The SMILES string of the molecule is Cc1ncsc1S(=O)(=O)Nc1cncc(-c2ccc(-c3ccc4c(c3)CN(C)C4=O)s2)c1. The molecule has 0 unspecified atom stereocenters. The van der Waals surface area contributed by atoms with Crippen LogP contribution >= 0.6 is 22.7 Å². The summed E-state index contributed by atoms with van der Waals surface area (Å²) < 4.78 is 28.1. The van der Waals surface area contributed by atoms with E-state index in [1.165, 1.54) is 11.7 Å². The van der Waals surface area contributed by atoms with Gasteiger partial charge in [-0.1, -0.05) is 6.07 Å². The van der Waals surface area contributed by atoms with Crippen LogP contribution in [0, 0.1) is 6.92 Å². The molecule has 4 aromatic rings. The number of aryl methyl sites for hydroxylation is 1. The first-order valence-electron chi connectivity index (χ1n) is 9.69. The zero-order valence-electron chi connectivity index (χ0n) is 17.2. The van der Waals surface area contributed by atoms with Crippen molar-refractivity contribution in [3.05, 3.63) is 71.1 Å². The largest absolute Gasteiger partial charge is 0.337 e. The van der Waals surface area contributed by atoms with Crippen molar-refractivity contribution in [1.29, 1.82) is 0 Å². The van der Waals surface area contributed by atoms with Gasteiger partial charge in [-0.25, -0.2) is 13.4 Å². The number of sulfonamides is 1. The van der Waals surface area contributed by atoms with E-state index in [0.29, 0.717) is 17.9 Å². The number of amides is 1. The molecule has 0 fully saturated rings. The molecule has 7 nitrogen and oxygen atoms in total. The molecule has 3 aromatic heterocycles. The molecule has 1 amide bonds. The van der Waals surface area contributed by atoms with Crippen LogP contribution in [-0.4, -0.2) is 36.2 Å². The highest BCUT2D eigenvalue weighted by molar-refractivity contribution is 7.94. The van der Waals surface area contributed by atoms with Crippen molar-refractivity contribution < 1.29 is 13.2 Å². The van der Waals surface area contributed by atoms with E-state index in [9.17, 15) is 13.2 Å². The second-order valence-corrected chi connectivity index (χ2v) is 11.3. The highest BCUT2D eigenvalue weighted by Gasteiger charge is 2.24. The van der Waals surface area contributed by atoms with Crippen molar-refractivity contribution in [3.63, 3.8) is 0 Å². The van der Waals surface area contributed by atoms with Gasteiger partial charge in [-0.3, -0.25) is 14.5 Å². The Kier molecular flexibility index (Phi) is 5.07. The van der Waals surface area contributed by atoms with Crippen LogP contribution in [-0.2, 0) is 16.6 Å². The Bertz CT molecular complexity index is 1460. The van der Waals surface area contributed by atoms with Crippen molar-refractivity contribution in [3.8, 4) is 20.9 Å². The molecule has 0 bridgehead atoms. The lowest BCUT2D eigenvalue weighted by Gasteiger charge is -2.07. The Balaban J connectivity index is 1.41. The number of nitrogens with one attached hydrogen (secondary N) is 1. The summed E-state index contributed by atoms with van der Waals surface area (Å²) in [7, 11) is -1.91. The molecule has 0 saturated carbocycles. The molecule has 1 aliphatic heterocycles. The monoisotopic (exact) mass is 482 g/mol. The number of rotatable bonds is 5. The quantitative estimate of drug-likeness (QED) is 0.448. The molecule has 1 N–H and O–H groups in total. The standard InChI is InChI=1S/C22H18N4O3S3/c1-13-22(30-12-24-13)32(28,29)25-17-8-15(9-23-10-17)20-6-5-19(31-20)14-3-4-18-16(7-14)11-26(2)21(18)27/h3-10,12,25H,11H2,1-2H3. The Morgan fingerprint density at radius 1 is 1.06 bits per heavy atom. The Hall–Kier alpha value is -3.08. The molecule has 0 atom stereocenters. The van der Waals surface area contributed by atoms with Crippen LogP contribution in [0.5, 0.6) is 0 Å². The minimum atomic E-state index is -3.71. The Labute approximate surface area is 193 Å². The smallest absolute Gasteiger partial charge is 0.273 e. The first-order valence-corrected chi connectivity index (χ1v) is 12.9. The van der Waals surface area contributed by atoms with E-state index in [1.54, 1.807) is 42.5 Å². The zero-order valence-corrected chi connectivity index (χ0v) is 19.6. The number of fused-ring (bicyclic) bond motifs is 1. The van der Waals surface area contributed by atoms with Crippen LogP contribution in [0.2, 0.25) is 0 Å². The lowest BCUT2D eigenvalue weighted by atomic mass is 10.1. The first kappa shape index (κ1) is 20.8. The Morgan fingerprint density at radius 3 is 2.59 bits per heavy atom. The maximum atomic E-state index is 12.7. The van der Waals surface area contributed by atoms with Crippen LogP contribution in [0.25, 0.3) is 20.9 Å².